The van der Waals surface area contributed by atoms with Gasteiger partial charge < -0.3 is 10.6 Å². The van der Waals surface area contributed by atoms with E-state index in [1.165, 1.54) is 0 Å². The third kappa shape index (κ3) is 9.36. The zero-order valence-electron chi connectivity index (χ0n) is 12.1. The number of aromatic nitrogens is 1. The number of nitrogens with zero attached hydrogens (tertiary/aromatic N) is 1. The van der Waals surface area contributed by atoms with E-state index in [9.17, 15) is 9.59 Å². The molecule has 1 heterocycles. The molecule has 0 radical (unpaired) electrons. The van der Waals surface area contributed by atoms with E-state index < -0.39 is 0 Å². The van der Waals surface area contributed by atoms with Crippen LogP contribution in [0.15, 0.2) is 29.4 Å². The van der Waals surface area contributed by atoms with Gasteiger partial charge in [0.05, 0.1) is 0 Å². The highest BCUT2D eigenvalue weighted by Gasteiger charge is 2.04. The summed E-state index contributed by atoms with van der Waals surface area (Å²) in [5.41, 5.74) is 0. The number of amides is 2. The second-order valence-electron chi connectivity index (χ2n) is 4.27. The van der Waals surface area contributed by atoms with Crippen molar-refractivity contribution in [2.75, 3.05) is 18.8 Å². The molecule has 1 aromatic rings. The van der Waals surface area contributed by atoms with E-state index in [1.807, 2.05) is 25.1 Å². The lowest BCUT2D eigenvalue weighted by atomic mass is 10.3. The first-order valence-electron chi connectivity index (χ1n) is 6.96. The molecule has 0 spiro atoms. The van der Waals surface area contributed by atoms with Crippen molar-refractivity contribution < 1.29 is 9.59 Å². The fraction of sp³-hybridized carbons (Fsp3) is 0.500. The molecule has 0 bridgehead atoms. The molecule has 0 fully saturated rings. The Morgan fingerprint density at radius 1 is 1.14 bits per heavy atom. The molecule has 0 saturated heterocycles. The van der Waals surface area contributed by atoms with Crippen LogP contribution in [0.4, 0.5) is 0 Å². The minimum Gasteiger partial charge on any atom is -0.356 e. The summed E-state index contributed by atoms with van der Waals surface area (Å²) < 4.78 is 0. The van der Waals surface area contributed by atoms with Crippen LogP contribution in [0.25, 0.3) is 0 Å². The van der Waals surface area contributed by atoms with E-state index >= 15 is 0 Å². The first-order chi connectivity index (χ1) is 10.2. The van der Waals surface area contributed by atoms with Crippen LogP contribution in [0.1, 0.15) is 26.2 Å². The molecule has 21 heavy (non-hydrogen) atoms. The van der Waals surface area contributed by atoms with E-state index in [0.29, 0.717) is 25.9 Å². The standard InChI is InChI=1S/C14H21N3O2S2/c1-2-8-15-12(18)6-10-16-13(19)7-11-20-21-14-5-3-4-9-17-14/h3-5,9H,2,6-8,10-11H2,1H3,(H,15,18)(H,16,19). The third-order valence-electron chi connectivity index (χ3n) is 2.44. The van der Waals surface area contributed by atoms with Crippen LogP contribution in [0, 0.1) is 0 Å². The largest absolute Gasteiger partial charge is 0.356 e. The summed E-state index contributed by atoms with van der Waals surface area (Å²) >= 11 is 0. The predicted molar refractivity (Wildman–Crippen MR) is 88.1 cm³/mol. The molecular weight excluding hydrogens is 306 g/mol. The fourth-order valence-electron chi connectivity index (χ4n) is 1.39. The van der Waals surface area contributed by atoms with Gasteiger partial charge in [0.15, 0.2) is 0 Å². The lowest BCUT2D eigenvalue weighted by molar-refractivity contribution is -0.122. The summed E-state index contributed by atoms with van der Waals surface area (Å²) in [5, 5.41) is 6.46. The summed E-state index contributed by atoms with van der Waals surface area (Å²) in [7, 11) is 3.16. The number of hydrogen-bond donors (Lipinski definition) is 2. The van der Waals surface area contributed by atoms with Crippen molar-refractivity contribution in [1.29, 1.82) is 0 Å². The van der Waals surface area contributed by atoms with E-state index in [4.69, 9.17) is 0 Å². The molecule has 0 unspecified atom stereocenters. The maximum Gasteiger partial charge on any atom is 0.221 e. The quantitative estimate of drug-likeness (QED) is 0.509. The highest BCUT2D eigenvalue weighted by molar-refractivity contribution is 8.76. The molecular formula is C14H21N3O2S2. The fourth-order valence-corrected chi connectivity index (χ4v) is 3.26. The second-order valence-corrected chi connectivity index (χ2v) is 6.71. The molecule has 7 heteroatoms. The molecule has 0 aliphatic rings. The molecule has 2 amide bonds. The van der Waals surface area contributed by atoms with Crippen molar-refractivity contribution in [2.45, 2.75) is 31.2 Å². The minimum absolute atomic E-state index is 0.0165. The Bertz CT molecular complexity index is 429. The van der Waals surface area contributed by atoms with Gasteiger partial charge in [0.2, 0.25) is 11.8 Å². The molecule has 0 saturated carbocycles. The van der Waals surface area contributed by atoms with Crippen LogP contribution >= 0.6 is 21.6 Å². The molecule has 1 aromatic heterocycles. The number of carbonyl (C=O) groups is 2. The van der Waals surface area contributed by atoms with Crippen LogP contribution in [-0.2, 0) is 9.59 Å². The summed E-state index contributed by atoms with van der Waals surface area (Å²) in [4.78, 5) is 27.1. The van der Waals surface area contributed by atoms with E-state index in [-0.39, 0.29) is 11.8 Å². The molecule has 0 atom stereocenters. The summed E-state index contributed by atoms with van der Waals surface area (Å²) in [6.07, 6.45) is 3.45. The SMILES string of the molecule is CCCNC(=O)CCNC(=O)CCSSc1ccccn1. The van der Waals surface area contributed by atoms with Crippen molar-refractivity contribution in [1.82, 2.24) is 15.6 Å². The monoisotopic (exact) mass is 327 g/mol. The van der Waals surface area contributed by atoms with Gasteiger partial charge in [-0.05, 0) is 29.3 Å². The lowest BCUT2D eigenvalue weighted by Gasteiger charge is -2.05. The maximum atomic E-state index is 11.6. The Labute approximate surface area is 133 Å². The number of carbonyl (C=O) groups excluding carboxylic acids is 2. The van der Waals surface area contributed by atoms with Crippen molar-refractivity contribution in [3.63, 3.8) is 0 Å². The van der Waals surface area contributed by atoms with E-state index in [2.05, 4.69) is 15.6 Å². The molecule has 0 aliphatic heterocycles. The molecule has 1 rings (SSSR count). The van der Waals surface area contributed by atoms with Crippen molar-refractivity contribution >= 4 is 33.4 Å². The van der Waals surface area contributed by atoms with Crippen molar-refractivity contribution in [2.24, 2.45) is 0 Å². The van der Waals surface area contributed by atoms with Gasteiger partial charge in [0.1, 0.15) is 5.03 Å². The average Bonchev–Trinajstić information content (AvgIpc) is 2.50. The molecule has 5 nitrogen and oxygen atoms in total. The normalized spacial score (nSPS) is 10.1. The van der Waals surface area contributed by atoms with Gasteiger partial charge in [-0.15, -0.1) is 0 Å². The predicted octanol–water partition coefficient (Wildman–Crippen LogP) is 2.24. The van der Waals surface area contributed by atoms with Gasteiger partial charge in [0, 0.05) is 37.9 Å². The van der Waals surface area contributed by atoms with Gasteiger partial charge in [-0.3, -0.25) is 9.59 Å². The Balaban J connectivity index is 2.00. The second kappa shape index (κ2) is 11.4. The van der Waals surface area contributed by atoms with Crippen molar-refractivity contribution in [3.8, 4) is 0 Å². The molecule has 0 aromatic carbocycles. The van der Waals surface area contributed by atoms with Crippen LogP contribution in [0.2, 0.25) is 0 Å². The topological polar surface area (TPSA) is 71.1 Å². The Kier molecular flexibility index (Phi) is 9.73. The van der Waals surface area contributed by atoms with Gasteiger partial charge >= 0.3 is 0 Å². The highest BCUT2D eigenvalue weighted by atomic mass is 33.1. The lowest BCUT2D eigenvalue weighted by Crippen LogP contribution is -2.31. The van der Waals surface area contributed by atoms with Gasteiger partial charge in [-0.2, -0.15) is 0 Å². The Hall–Kier alpha value is -1.21. The molecule has 0 aliphatic carbocycles. The van der Waals surface area contributed by atoms with Gasteiger partial charge in [-0.25, -0.2) is 4.98 Å². The van der Waals surface area contributed by atoms with Crippen molar-refractivity contribution in [3.05, 3.63) is 24.4 Å². The first kappa shape index (κ1) is 17.8. The first-order valence-corrected chi connectivity index (χ1v) is 9.28. The average molecular weight is 327 g/mol. The minimum atomic E-state index is -0.0209. The zero-order chi connectivity index (χ0) is 15.3. The van der Waals surface area contributed by atoms with Crippen LogP contribution in [0.5, 0.6) is 0 Å². The highest BCUT2D eigenvalue weighted by Crippen LogP contribution is 2.29. The van der Waals surface area contributed by atoms with Crippen LogP contribution < -0.4 is 10.6 Å². The van der Waals surface area contributed by atoms with E-state index in [0.717, 1.165) is 17.2 Å². The number of nitrogens with one attached hydrogen (secondary N) is 2. The number of rotatable bonds is 10. The third-order valence-corrected chi connectivity index (χ3v) is 4.71. The molecule has 116 valence electrons. The zero-order valence-corrected chi connectivity index (χ0v) is 13.8. The number of hydrogen-bond acceptors (Lipinski definition) is 5. The van der Waals surface area contributed by atoms with Crippen LogP contribution in [0.3, 0.4) is 0 Å². The molecule has 2 N–H and O–H groups in total. The Morgan fingerprint density at radius 3 is 2.62 bits per heavy atom. The summed E-state index contributed by atoms with van der Waals surface area (Å²) in [6, 6.07) is 5.75. The van der Waals surface area contributed by atoms with Gasteiger partial charge in [0.25, 0.3) is 0 Å². The van der Waals surface area contributed by atoms with Gasteiger partial charge in [-0.1, -0.05) is 23.8 Å². The summed E-state index contributed by atoms with van der Waals surface area (Å²) in [6.45, 7) is 3.09. The number of pyridine rings is 1. The Morgan fingerprint density at radius 2 is 1.90 bits per heavy atom. The maximum absolute atomic E-state index is 11.6. The summed E-state index contributed by atoms with van der Waals surface area (Å²) in [5.74, 6) is 0.680. The van der Waals surface area contributed by atoms with Crippen LogP contribution in [-0.4, -0.2) is 35.6 Å². The smallest absolute Gasteiger partial charge is 0.221 e. The van der Waals surface area contributed by atoms with E-state index in [1.54, 1.807) is 27.8 Å².